The second-order valence-corrected chi connectivity index (χ2v) is 4.17. The fourth-order valence-corrected chi connectivity index (χ4v) is 1.91. The first kappa shape index (κ1) is 13.0. The molecular weight excluding hydrogens is 235 g/mol. The third kappa shape index (κ3) is 2.35. The molecule has 1 heterocycles. The van der Waals surface area contributed by atoms with Crippen molar-refractivity contribution in [3.63, 3.8) is 0 Å². The van der Waals surface area contributed by atoms with E-state index in [1.165, 1.54) is 0 Å². The summed E-state index contributed by atoms with van der Waals surface area (Å²) in [6.07, 6.45) is 0.351. The van der Waals surface area contributed by atoms with Crippen molar-refractivity contribution in [3.8, 4) is 0 Å². The Kier molecular flexibility index (Phi) is 3.93. The Hall–Kier alpha value is -1.08. The highest BCUT2D eigenvalue weighted by Crippen LogP contribution is 2.22. The average molecular weight is 248 g/mol. The SMILES string of the molecule is NC1CCN(P=O)C(=O)[C@@]1(N)NCC(=O)O. The highest BCUT2D eigenvalue weighted by molar-refractivity contribution is 7.21. The predicted octanol–water partition coefficient (Wildman–Crippen LogP) is -1.92. The molecule has 0 bridgehead atoms. The van der Waals surface area contributed by atoms with Crippen molar-refractivity contribution in [2.24, 2.45) is 11.5 Å². The first-order valence-electron chi connectivity index (χ1n) is 4.58. The molecule has 0 spiro atoms. The van der Waals surface area contributed by atoms with E-state index in [0.717, 1.165) is 4.67 Å². The highest BCUT2D eigenvalue weighted by Gasteiger charge is 2.46. The van der Waals surface area contributed by atoms with Gasteiger partial charge in [-0.1, -0.05) is 0 Å². The molecule has 0 radical (unpaired) electrons. The molecule has 1 amide bonds. The van der Waals surface area contributed by atoms with Gasteiger partial charge in [-0.15, -0.1) is 0 Å². The van der Waals surface area contributed by atoms with Crippen LogP contribution in [0.25, 0.3) is 0 Å². The number of aliphatic carboxylic acids is 1. The number of carboxylic acids is 1. The van der Waals surface area contributed by atoms with Gasteiger partial charge in [-0.2, -0.15) is 0 Å². The number of hydrogen-bond acceptors (Lipinski definition) is 6. The van der Waals surface area contributed by atoms with Crippen molar-refractivity contribution in [1.82, 2.24) is 9.99 Å². The first-order valence-corrected chi connectivity index (χ1v) is 5.35. The summed E-state index contributed by atoms with van der Waals surface area (Å²) in [4.78, 5) is 22.2. The number of nitrogens with two attached hydrogens (primary N) is 2. The van der Waals surface area contributed by atoms with Gasteiger partial charge in [0.2, 0.25) is 0 Å². The van der Waals surface area contributed by atoms with Crippen molar-refractivity contribution in [1.29, 1.82) is 0 Å². The van der Waals surface area contributed by atoms with Crippen LogP contribution in [0.5, 0.6) is 0 Å². The van der Waals surface area contributed by atoms with Crippen LogP contribution in [-0.4, -0.2) is 46.4 Å². The number of piperidine rings is 1. The minimum Gasteiger partial charge on any atom is -0.480 e. The number of amides is 1. The van der Waals surface area contributed by atoms with Gasteiger partial charge in [0.15, 0.2) is 5.66 Å². The van der Waals surface area contributed by atoms with Crippen LogP contribution in [0.2, 0.25) is 0 Å². The number of carbonyl (C=O) groups excluding carboxylic acids is 1. The Morgan fingerprint density at radius 1 is 1.75 bits per heavy atom. The van der Waals surface area contributed by atoms with Gasteiger partial charge in [0.05, 0.1) is 6.54 Å². The van der Waals surface area contributed by atoms with E-state index in [2.05, 4.69) is 5.32 Å². The standard InChI is InChI=1S/C7H13N4O4P/c8-4-1-2-11(16-15)6(14)7(4,9)10-3-5(12)13/h4,10H,1-3,8-9H2,(H,12,13)/t4?,7-/m0/s1. The molecule has 0 saturated carbocycles. The largest absolute Gasteiger partial charge is 0.480 e. The van der Waals surface area contributed by atoms with Gasteiger partial charge in [-0.3, -0.25) is 19.6 Å². The molecule has 9 heteroatoms. The number of carboxylic acid groups (broad SMARTS) is 1. The third-order valence-electron chi connectivity index (χ3n) is 2.46. The first-order chi connectivity index (χ1) is 7.41. The second-order valence-electron chi connectivity index (χ2n) is 3.52. The molecule has 2 atom stereocenters. The summed E-state index contributed by atoms with van der Waals surface area (Å²) >= 11 is 0. The Labute approximate surface area is 93.2 Å². The van der Waals surface area contributed by atoms with E-state index in [0.29, 0.717) is 6.42 Å². The molecule has 0 aliphatic carbocycles. The minimum absolute atomic E-state index is 0.235. The predicted molar refractivity (Wildman–Crippen MR) is 54.5 cm³/mol. The van der Waals surface area contributed by atoms with E-state index in [1.54, 1.807) is 0 Å². The Bertz CT molecular complexity index is 326. The van der Waals surface area contributed by atoms with Crippen LogP contribution in [0.4, 0.5) is 0 Å². The van der Waals surface area contributed by atoms with Crippen molar-refractivity contribution < 1.29 is 19.3 Å². The zero-order valence-corrected chi connectivity index (χ0v) is 9.31. The summed E-state index contributed by atoms with van der Waals surface area (Å²) in [6, 6.07) is -0.711. The van der Waals surface area contributed by atoms with Crippen molar-refractivity contribution in [3.05, 3.63) is 0 Å². The molecule has 1 unspecified atom stereocenters. The van der Waals surface area contributed by atoms with Crippen LogP contribution >= 0.6 is 8.61 Å². The molecule has 6 N–H and O–H groups in total. The molecular formula is C7H13N4O4P. The molecule has 1 aliphatic rings. The lowest BCUT2D eigenvalue weighted by atomic mass is 9.94. The average Bonchev–Trinajstić information content (AvgIpc) is 2.24. The summed E-state index contributed by atoms with van der Waals surface area (Å²) in [6.45, 7) is -0.252. The van der Waals surface area contributed by atoms with Crippen LogP contribution in [0.1, 0.15) is 6.42 Å². The molecule has 90 valence electrons. The van der Waals surface area contributed by atoms with E-state index < -0.39 is 38.7 Å². The van der Waals surface area contributed by atoms with E-state index in [-0.39, 0.29) is 6.54 Å². The van der Waals surface area contributed by atoms with Crippen molar-refractivity contribution >= 4 is 20.5 Å². The lowest BCUT2D eigenvalue weighted by Gasteiger charge is -2.40. The molecule has 0 aromatic heterocycles. The second kappa shape index (κ2) is 4.84. The summed E-state index contributed by atoms with van der Waals surface area (Å²) < 4.78 is 11.6. The molecule has 8 nitrogen and oxygen atoms in total. The molecule has 16 heavy (non-hydrogen) atoms. The fraction of sp³-hybridized carbons (Fsp3) is 0.714. The number of rotatable bonds is 4. The molecule has 1 aliphatic heterocycles. The lowest BCUT2D eigenvalue weighted by molar-refractivity contribution is -0.139. The quantitative estimate of drug-likeness (QED) is 0.336. The van der Waals surface area contributed by atoms with Gasteiger partial charge in [0.25, 0.3) is 14.5 Å². The maximum atomic E-state index is 11.8. The number of nitrogens with zero attached hydrogens (tertiary/aromatic N) is 1. The smallest absolute Gasteiger partial charge is 0.317 e. The van der Waals surface area contributed by atoms with Gasteiger partial charge >= 0.3 is 5.97 Å². The van der Waals surface area contributed by atoms with Crippen LogP contribution < -0.4 is 16.8 Å². The molecule has 1 saturated heterocycles. The van der Waals surface area contributed by atoms with E-state index in [1.807, 2.05) is 0 Å². The Morgan fingerprint density at radius 3 is 2.88 bits per heavy atom. The van der Waals surface area contributed by atoms with Crippen LogP contribution in [0, 0.1) is 0 Å². The third-order valence-corrected chi connectivity index (χ3v) is 3.03. The summed E-state index contributed by atoms with van der Waals surface area (Å²) in [5.41, 5.74) is 9.73. The highest BCUT2D eigenvalue weighted by atomic mass is 31.1. The zero-order valence-electron chi connectivity index (χ0n) is 8.42. The topological polar surface area (TPSA) is 139 Å². The molecule has 0 aromatic rings. The van der Waals surface area contributed by atoms with Crippen LogP contribution in [0.3, 0.4) is 0 Å². The normalized spacial score (nSPS) is 30.8. The van der Waals surface area contributed by atoms with Crippen LogP contribution in [-0.2, 0) is 14.2 Å². The van der Waals surface area contributed by atoms with E-state index >= 15 is 0 Å². The van der Waals surface area contributed by atoms with Gasteiger partial charge in [0.1, 0.15) is 0 Å². The van der Waals surface area contributed by atoms with Gasteiger partial charge in [-0.25, -0.2) is 4.57 Å². The van der Waals surface area contributed by atoms with Gasteiger partial charge in [-0.05, 0) is 6.42 Å². The maximum absolute atomic E-state index is 11.8. The lowest BCUT2D eigenvalue weighted by Crippen LogP contribution is -2.75. The monoisotopic (exact) mass is 248 g/mol. The van der Waals surface area contributed by atoms with Gasteiger partial charge < -0.3 is 16.6 Å². The molecule has 1 rings (SSSR count). The number of nitrogens with one attached hydrogen (secondary N) is 1. The van der Waals surface area contributed by atoms with E-state index in [9.17, 15) is 14.2 Å². The molecule has 1 fully saturated rings. The van der Waals surface area contributed by atoms with Gasteiger partial charge in [0, 0.05) is 12.6 Å². The zero-order chi connectivity index (χ0) is 12.3. The Morgan fingerprint density at radius 2 is 2.38 bits per heavy atom. The maximum Gasteiger partial charge on any atom is 0.317 e. The van der Waals surface area contributed by atoms with Crippen LogP contribution in [0.15, 0.2) is 0 Å². The van der Waals surface area contributed by atoms with E-state index in [4.69, 9.17) is 16.6 Å². The Balaban J connectivity index is 2.82. The number of carbonyl (C=O) groups is 2. The summed E-state index contributed by atoms with van der Waals surface area (Å²) in [5.74, 6) is -1.81. The molecule has 0 aromatic carbocycles. The minimum atomic E-state index is -1.67. The van der Waals surface area contributed by atoms with Crippen molar-refractivity contribution in [2.45, 2.75) is 18.1 Å². The van der Waals surface area contributed by atoms with Crippen molar-refractivity contribution in [2.75, 3.05) is 13.1 Å². The summed E-state index contributed by atoms with van der Waals surface area (Å²) in [5, 5.41) is 10.9. The fourth-order valence-electron chi connectivity index (χ4n) is 1.47. The summed E-state index contributed by atoms with van der Waals surface area (Å²) in [7, 11) is -0.472. The number of hydrogen-bond donors (Lipinski definition) is 4.